The van der Waals surface area contributed by atoms with Crippen LogP contribution < -0.4 is 5.32 Å². The van der Waals surface area contributed by atoms with Crippen molar-refractivity contribution in [3.63, 3.8) is 0 Å². The number of imide groups is 1. The van der Waals surface area contributed by atoms with Gasteiger partial charge in [-0.1, -0.05) is 0 Å². The third kappa shape index (κ3) is 1.82. The van der Waals surface area contributed by atoms with E-state index < -0.39 is 29.4 Å². The van der Waals surface area contributed by atoms with Gasteiger partial charge < -0.3 is 10.0 Å². The van der Waals surface area contributed by atoms with Crippen LogP contribution in [0.1, 0.15) is 28.8 Å². The van der Waals surface area contributed by atoms with Gasteiger partial charge >= 0.3 is 0 Å². The molecular formula is C13H11FN2O4. The van der Waals surface area contributed by atoms with Crippen molar-refractivity contribution < 1.29 is 23.9 Å². The summed E-state index contributed by atoms with van der Waals surface area (Å²) >= 11 is 0. The Kier molecular flexibility index (Phi) is 2.70. The first-order valence-electron chi connectivity index (χ1n) is 6.13. The van der Waals surface area contributed by atoms with Crippen LogP contribution in [0.5, 0.6) is 5.75 Å². The van der Waals surface area contributed by atoms with Gasteiger partial charge in [0.25, 0.3) is 5.91 Å². The lowest BCUT2D eigenvalue weighted by atomic mass is 10.0. The molecule has 0 bridgehead atoms. The zero-order valence-electron chi connectivity index (χ0n) is 10.4. The molecule has 0 aromatic heterocycles. The third-order valence-corrected chi connectivity index (χ3v) is 3.59. The van der Waals surface area contributed by atoms with Gasteiger partial charge in [0.15, 0.2) is 11.6 Å². The number of phenols is 1. The Balaban J connectivity index is 1.90. The number of nitrogens with zero attached hydrogens (tertiary/aromatic N) is 1. The zero-order valence-corrected chi connectivity index (χ0v) is 10.4. The molecular weight excluding hydrogens is 267 g/mol. The summed E-state index contributed by atoms with van der Waals surface area (Å²) in [6.07, 6.45) is 0.412. The number of carbonyl (C=O) groups is 3. The molecule has 1 saturated heterocycles. The van der Waals surface area contributed by atoms with Crippen LogP contribution in [0.4, 0.5) is 4.39 Å². The van der Waals surface area contributed by atoms with E-state index in [-0.39, 0.29) is 30.9 Å². The maximum Gasteiger partial charge on any atom is 0.255 e. The minimum absolute atomic E-state index is 0.119. The van der Waals surface area contributed by atoms with Crippen molar-refractivity contribution in [2.45, 2.75) is 25.4 Å². The van der Waals surface area contributed by atoms with Gasteiger partial charge in [0.05, 0.1) is 0 Å². The van der Waals surface area contributed by atoms with E-state index in [4.69, 9.17) is 0 Å². The first kappa shape index (κ1) is 12.6. The van der Waals surface area contributed by atoms with Crippen molar-refractivity contribution in [1.82, 2.24) is 10.2 Å². The van der Waals surface area contributed by atoms with E-state index in [9.17, 15) is 23.9 Å². The van der Waals surface area contributed by atoms with Crippen LogP contribution in [0.2, 0.25) is 0 Å². The fourth-order valence-electron chi connectivity index (χ4n) is 2.58. The van der Waals surface area contributed by atoms with Crippen molar-refractivity contribution in [3.05, 3.63) is 29.1 Å². The van der Waals surface area contributed by atoms with Crippen LogP contribution >= 0.6 is 0 Å². The second-order valence-electron chi connectivity index (χ2n) is 4.86. The lowest BCUT2D eigenvalue weighted by molar-refractivity contribution is -0.136. The van der Waals surface area contributed by atoms with Crippen molar-refractivity contribution in [3.8, 4) is 5.75 Å². The molecule has 2 aliphatic heterocycles. The van der Waals surface area contributed by atoms with Gasteiger partial charge in [-0.2, -0.15) is 0 Å². The molecule has 0 aliphatic carbocycles. The van der Waals surface area contributed by atoms with Gasteiger partial charge in [-0.05, 0) is 24.1 Å². The molecule has 6 nitrogen and oxygen atoms in total. The summed E-state index contributed by atoms with van der Waals surface area (Å²) in [5, 5.41) is 11.5. The summed E-state index contributed by atoms with van der Waals surface area (Å²) < 4.78 is 13.3. The number of aromatic hydroxyl groups is 1. The summed E-state index contributed by atoms with van der Waals surface area (Å²) in [4.78, 5) is 36.4. The zero-order chi connectivity index (χ0) is 14.4. The number of amides is 3. The highest BCUT2D eigenvalue weighted by Gasteiger charge is 2.39. The number of benzene rings is 1. The van der Waals surface area contributed by atoms with Gasteiger partial charge in [-0.15, -0.1) is 0 Å². The van der Waals surface area contributed by atoms with E-state index in [1.54, 1.807) is 0 Å². The van der Waals surface area contributed by atoms with Gasteiger partial charge in [-0.3, -0.25) is 19.7 Å². The summed E-state index contributed by atoms with van der Waals surface area (Å²) in [6.45, 7) is 0.119. The lowest BCUT2D eigenvalue weighted by Crippen LogP contribution is -2.52. The predicted molar refractivity (Wildman–Crippen MR) is 64.1 cm³/mol. The van der Waals surface area contributed by atoms with Gasteiger partial charge in [0, 0.05) is 18.5 Å². The van der Waals surface area contributed by atoms with E-state index in [0.29, 0.717) is 5.56 Å². The highest BCUT2D eigenvalue weighted by atomic mass is 19.1. The molecule has 7 heteroatoms. The molecule has 20 heavy (non-hydrogen) atoms. The first-order chi connectivity index (χ1) is 9.47. The number of hydrogen-bond acceptors (Lipinski definition) is 4. The Bertz CT molecular complexity index is 644. The molecule has 0 radical (unpaired) electrons. The van der Waals surface area contributed by atoms with Crippen molar-refractivity contribution in [2.75, 3.05) is 0 Å². The number of hydrogen-bond donors (Lipinski definition) is 2. The molecule has 1 aromatic rings. The molecule has 2 aliphatic rings. The number of rotatable bonds is 1. The predicted octanol–water partition coefficient (Wildman–Crippen LogP) is 0.292. The normalized spacial score (nSPS) is 21.9. The molecule has 1 aromatic carbocycles. The third-order valence-electron chi connectivity index (χ3n) is 3.59. The molecule has 2 N–H and O–H groups in total. The molecule has 104 valence electrons. The number of carbonyl (C=O) groups excluding carboxylic acids is 3. The van der Waals surface area contributed by atoms with Gasteiger partial charge in [0.2, 0.25) is 11.8 Å². The molecule has 1 atom stereocenters. The lowest BCUT2D eigenvalue weighted by Gasteiger charge is -2.29. The molecule has 0 spiro atoms. The van der Waals surface area contributed by atoms with E-state index in [1.807, 2.05) is 0 Å². The smallest absolute Gasteiger partial charge is 0.255 e. The summed E-state index contributed by atoms with van der Waals surface area (Å²) in [5.74, 6) is -2.75. The fraction of sp³-hybridized carbons (Fsp3) is 0.308. The Hall–Kier alpha value is -2.44. The number of fused-ring (bicyclic) bond motifs is 1. The van der Waals surface area contributed by atoms with Crippen LogP contribution in [0.25, 0.3) is 0 Å². The van der Waals surface area contributed by atoms with Crippen molar-refractivity contribution in [2.24, 2.45) is 0 Å². The topological polar surface area (TPSA) is 86.7 Å². The van der Waals surface area contributed by atoms with Crippen molar-refractivity contribution >= 4 is 17.7 Å². The highest BCUT2D eigenvalue weighted by molar-refractivity contribution is 6.05. The SMILES string of the molecule is O=C1CCC(N2Cc3cc(O)c(F)cc3C2=O)C(=O)N1. The second-order valence-corrected chi connectivity index (χ2v) is 4.86. The monoisotopic (exact) mass is 278 g/mol. The Morgan fingerprint density at radius 3 is 2.75 bits per heavy atom. The van der Waals surface area contributed by atoms with Gasteiger partial charge in [-0.25, -0.2) is 4.39 Å². The standard InChI is InChI=1S/C13H11FN2O4/c14-8-4-7-6(3-10(8)17)5-16(13(7)20)9-1-2-11(18)15-12(9)19/h3-4,9,17H,1-2,5H2,(H,15,18,19). The molecule has 3 rings (SSSR count). The van der Waals surface area contributed by atoms with Crippen LogP contribution in [0.15, 0.2) is 12.1 Å². The minimum Gasteiger partial charge on any atom is -0.505 e. The Morgan fingerprint density at radius 1 is 1.30 bits per heavy atom. The van der Waals surface area contributed by atoms with Crippen LogP contribution in [0, 0.1) is 5.82 Å². The Morgan fingerprint density at radius 2 is 2.05 bits per heavy atom. The molecule has 0 saturated carbocycles. The quantitative estimate of drug-likeness (QED) is 0.723. The first-order valence-corrected chi connectivity index (χ1v) is 6.13. The molecule has 1 unspecified atom stereocenters. The Labute approximate surface area is 113 Å². The second kappa shape index (κ2) is 4.29. The summed E-state index contributed by atoms with van der Waals surface area (Å²) in [6, 6.07) is 1.42. The highest BCUT2D eigenvalue weighted by Crippen LogP contribution is 2.31. The largest absolute Gasteiger partial charge is 0.505 e. The number of nitrogens with one attached hydrogen (secondary N) is 1. The number of phenolic OH excluding ortho intramolecular Hbond substituents is 1. The van der Waals surface area contributed by atoms with Crippen LogP contribution in [-0.2, 0) is 16.1 Å². The van der Waals surface area contributed by atoms with E-state index in [0.717, 1.165) is 6.07 Å². The van der Waals surface area contributed by atoms with Crippen molar-refractivity contribution in [1.29, 1.82) is 0 Å². The number of piperidine rings is 1. The fourth-order valence-corrected chi connectivity index (χ4v) is 2.58. The van der Waals surface area contributed by atoms with Gasteiger partial charge in [0.1, 0.15) is 6.04 Å². The maximum absolute atomic E-state index is 13.3. The average molecular weight is 278 g/mol. The molecule has 1 fully saturated rings. The molecule has 3 amide bonds. The summed E-state index contributed by atoms with van der Waals surface area (Å²) in [7, 11) is 0. The summed E-state index contributed by atoms with van der Waals surface area (Å²) in [5.41, 5.74) is 0.614. The van der Waals surface area contributed by atoms with Crippen LogP contribution in [-0.4, -0.2) is 33.8 Å². The number of halogens is 1. The van der Waals surface area contributed by atoms with E-state index in [2.05, 4.69) is 5.32 Å². The average Bonchev–Trinajstić information content (AvgIpc) is 2.68. The minimum atomic E-state index is -0.873. The van der Waals surface area contributed by atoms with Crippen LogP contribution in [0.3, 0.4) is 0 Å². The molecule has 2 heterocycles. The maximum atomic E-state index is 13.3. The van der Waals surface area contributed by atoms with E-state index in [1.165, 1.54) is 11.0 Å². The van der Waals surface area contributed by atoms with E-state index >= 15 is 0 Å².